The predicted octanol–water partition coefficient (Wildman–Crippen LogP) is 1.80. The van der Waals surface area contributed by atoms with E-state index in [1.165, 1.54) is 6.42 Å². The van der Waals surface area contributed by atoms with E-state index < -0.39 is 0 Å². The van der Waals surface area contributed by atoms with Crippen LogP contribution in [0, 0.1) is 11.3 Å². The van der Waals surface area contributed by atoms with Gasteiger partial charge < -0.3 is 5.11 Å². The Morgan fingerprint density at radius 3 is 2.22 bits per heavy atom. The van der Waals surface area contributed by atoms with Crippen molar-refractivity contribution in [2.75, 3.05) is 0 Å². The second-order valence-electron chi connectivity index (χ2n) is 3.77. The number of rotatable bonds is 2. The van der Waals surface area contributed by atoms with Gasteiger partial charge in [0.1, 0.15) is 0 Å². The molecule has 54 valence electrons. The van der Waals surface area contributed by atoms with Crippen LogP contribution in [0.15, 0.2) is 0 Å². The molecule has 1 nitrogen and oxygen atoms in total. The highest BCUT2D eigenvalue weighted by atomic mass is 16.3. The van der Waals surface area contributed by atoms with E-state index in [0.29, 0.717) is 11.3 Å². The Morgan fingerprint density at radius 1 is 1.67 bits per heavy atom. The molecule has 9 heavy (non-hydrogen) atoms. The van der Waals surface area contributed by atoms with E-state index >= 15 is 0 Å². The summed E-state index contributed by atoms with van der Waals surface area (Å²) >= 11 is 0. The molecule has 2 atom stereocenters. The summed E-state index contributed by atoms with van der Waals surface area (Å²) in [6, 6.07) is 0. The lowest BCUT2D eigenvalue weighted by molar-refractivity contribution is 0.132. The number of aliphatic hydroxyl groups is 1. The summed E-state index contributed by atoms with van der Waals surface area (Å²) in [6.45, 7) is 6.48. The Bertz CT molecular complexity index is 107. The molecular formula is C8H16O. The summed E-state index contributed by atoms with van der Waals surface area (Å²) in [4.78, 5) is 0. The van der Waals surface area contributed by atoms with Gasteiger partial charge in [-0.05, 0) is 24.2 Å². The molecule has 1 rings (SSSR count). The first-order valence-corrected chi connectivity index (χ1v) is 3.76. The third-order valence-corrected chi connectivity index (χ3v) is 2.47. The normalized spacial score (nSPS) is 34.0. The highest BCUT2D eigenvalue weighted by Crippen LogP contribution is 2.53. The molecule has 0 aromatic carbocycles. The maximum absolute atomic E-state index is 9.33. The van der Waals surface area contributed by atoms with Crippen LogP contribution in [0.5, 0.6) is 0 Å². The molecule has 1 N–H and O–H groups in total. The van der Waals surface area contributed by atoms with Crippen molar-refractivity contribution in [1.29, 1.82) is 0 Å². The third kappa shape index (κ3) is 1.26. The molecule has 1 fully saturated rings. The van der Waals surface area contributed by atoms with Crippen molar-refractivity contribution >= 4 is 0 Å². The summed E-state index contributed by atoms with van der Waals surface area (Å²) < 4.78 is 0. The maximum atomic E-state index is 9.33. The standard InChI is InChI=1S/C8H16O/c1-4-7(9)6-5-8(6,2)3/h6-7,9H,4-5H2,1-3H3/t6-,7+/m0/s1. The van der Waals surface area contributed by atoms with Crippen LogP contribution in [0.4, 0.5) is 0 Å². The van der Waals surface area contributed by atoms with Crippen molar-refractivity contribution in [3.05, 3.63) is 0 Å². The summed E-state index contributed by atoms with van der Waals surface area (Å²) in [5.74, 6) is 0.586. The van der Waals surface area contributed by atoms with E-state index in [-0.39, 0.29) is 6.10 Å². The van der Waals surface area contributed by atoms with Crippen LogP contribution in [0.25, 0.3) is 0 Å². The van der Waals surface area contributed by atoms with Crippen LogP contribution < -0.4 is 0 Å². The van der Waals surface area contributed by atoms with E-state index in [4.69, 9.17) is 0 Å². The van der Waals surface area contributed by atoms with E-state index in [1.807, 2.05) is 6.92 Å². The zero-order chi connectivity index (χ0) is 7.07. The average molecular weight is 128 g/mol. The largest absolute Gasteiger partial charge is 0.393 e. The summed E-state index contributed by atoms with van der Waals surface area (Å²) in [5.41, 5.74) is 0.440. The van der Waals surface area contributed by atoms with Crippen molar-refractivity contribution < 1.29 is 5.11 Å². The molecule has 1 aliphatic carbocycles. The Morgan fingerprint density at radius 2 is 2.11 bits per heavy atom. The molecule has 0 aromatic heterocycles. The summed E-state index contributed by atoms with van der Waals surface area (Å²) in [7, 11) is 0. The fourth-order valence-corrected chi connectivity index (χ4v) is 1.45. The molecule has 0 bridgehead atoms. The van der Waals surface area contributed by atoms with E-state index in [0.717, 1.165) is 6.42 Å². The molecule has 0 spiro atoms. The van der Waals surface area contributed by atoms with Gasteiger partial charge in [-0.3, -0.25) is 0 Å². The zero-order valence-corrected chi connectivity index (χ0v) is 6.52. The Hall–Kier alpha value is -0.0400. The van der Waals surface area contributed by atoms with Gasteiger partial charge in [-0.1, -0.05) is 20.8 Å². The molecule has 1 aliphatic rings. The maximum Gasteiger partial charge on any atom is 0.0571 e. The van der Waals surface area contributed by atoms with Gasteiger partial charge >= 0.3 is 0 Å². The van der Waals surface area contributed by atoms with Crippen molar-refractivity contribution in [3.63, 3.8) is 0 Å². The van der Waals surface area contributed by atoms with Crippen molar-refractivity contribution in [3.8, 4) is 0 Å². The summed E-state index contributed by atoms with van der Waals surface area (Å²) in [6.07, 6.45) is 2.08. The fraction of sp³-hybridized carbons (Fsp3) is 1.00. The van der Waals surface area contributed by atoms with Crippen LogP contribution >= 0.6 is 0 Å². The van der Waals surface area contributed by atoms with Crippen LogP contribution in [-0.4, -0.2) is 11.2 Å². The minimum atomic E-state index is -0.0417. The van der Waals surface area contributed by atoms with Crippen LogP contribution in [0.3, 0.4) is 0 Å². The second-order valence-corrected chi connectivity index (χ2v) is 3.77. The van der Waals surface area contributed by atoms with Crippen LogP contribution in [0.1, 0.15) is 33.6 Å². The lowest BCUT2D eigenvalue weighted by Crippen LogP contribution is -2.10. The second kappa shape index (κ2) is 1.98. The van der Waals surface area contributed by atoms with E-state index in [2.05, 4.69) is 13.8 Å². The lowest BCUT2D eigenvalue weighted by Gasteiger charge is -2.08. The molecule has 0 saturated heterocycles. The minimum Gasteiger partial charge on any atom is -0.393 e. The predicted molar refractivity (Wildman–Crippen MR) is 38.2 cm³/mol. The first-order chi connectivity index (χ1) is 4.08. The van der Waals surface area contributed by atoms with Gasteiger partial charge in [0.2, 0.25) is 0 Å². The minimum absolute atomic E-state index is 0.0417. The summed E-state index contributed by atoms with van der Waals surface area (Å²) in [5, 5.41) is 9.33. The molecule has 0 unspecified atom stereocenters. The molecule has 0 amide bonds. The highest BCUT2D eigenvalue weighted by molar-refractivity contribution is 4.98. The third-order valence-electron chi connectivity index (χ3n) is 2.47. The lowest BCUT2D eigenvalue weighted by atomic mass is 10.0. The molecule has 0 heterocycles. The number of hydrogen-bond acceptors (Lipinski definition) is 1. The van der Waals surface area contributed by atoms with Gasteiger partial charge in [-0.15, -0.1) is 0 Å². The quantitative estimate of drug-likeness (QED) is 0.601. The Kier molecular flexibility index (Phi) is 1.55. The van der Waals surface area contributed by atoms with Crippen molar-refractivity contribution in [2.24, 2.45) is 11.3 Å². The molecule has 0 aliphatic heterocycles. The average Bonchev–Trinajstić information content (AvgIpc) is 2.38. The van der Waals surface area contributed by atoms with Crippen molar-refractivity contribution in [1.82, 2.24) is 0 Å². The smallest absolute Gasteiger partial charge is 0.0571 e. The van der Waals surface area contributed by atoms with E-state index in [9.17, 15) is 5.11 Å². The van der Waals surface area contributed by atoms with Gasteiger partial charge in [-0.25, -0.2) is 0 Å². The molecule has 0 aromatic rings. The van der Waals surface area contributed by atoms with Gasteiger partial charge in [0, 0.05) is 0 Å². The SMILES string of the molecule is CC[C@@H](O)[C@@H]1CC1(C)C. The Balaban J connectivity index is 2.33. The molecule has 1 heteroatoms. The number of aliphatic hydroxyl groups excluding tert-OH is 1. The van der Waals surface area contributed by atoms with Gasteiger partial charge in [0.25, 0.3) is 0 Å². The van der Waals surface area contributed by atoms with Crippen LogP contribution in [-0.2, 0) is 0 Å². The Labute approximate surface area is 57.1 Å². The van der Waals surface area contributed by atoms with Gasteiger partial charge in [-0.2, -0.15) is 0 Å². The molecular weight excluding hydrogens is 112 g/mol. The number of hydrogen-bond donors (Lipinski definition) is 1. The van der Waals surface area contributed by atoms with Gasteiger partial charge in [0.15, 0.2) is 0 Å². The zero-order valence-electron chi connectivity index (χ0n) is 6.52. The molecule has 0 radical (unpaired) electrons. The topological polar surface area (TPSA) is 20.2 Å². The van der Waals surface area contributed by atoms with Crippen LogP contribution in [0.2, 0.25) is 0 Å². The van der Waals surface area contributed by atoms with E-state index in [1.54, 1.807) is 0 Å². The molecule has 1 saturated carbocycles. The van der Waals surface area contributed by atoms with Crippen molar-refractivity contribution in [2.45, 2.75) is 39.7 Å². The van der Waals surface area contributed by atoms with Gasteiger partial charge in [0.05, 0.1) is 6.10 Å². The highest BCUT2D eigenvalue weighted by Gasteiger charge is 2.48. The monoisotopic (exact) mass is 128 g/mol. The first kappa shape index (κ1) is 7.07. The first-order valence-electron chi connectivity index (χ1n) is 3.76. The fourth-order valence-electron chi connectivity index (χ4n) is 1.45.